The van der Waals surface area contributed by atoms with Crippen LogP contribution in [-0.4, -0.2) is 40.9 Å². The van der Waals surface area contributed by atoms with Crippen LogP contribution >= 0.6 is 23.4 Å². The second-order valence-corrected chi connectivity index (χ2v) is 6.61. The minimum Gasteiger partial charge on any atom is -0.497 e. The Balaban J connectivity index is 1.64. The third kappa shape index (κ3) is 4.17. The number of rotatable bonds is 7. The highest BCUT2D eigenvalue weighted by Crippen LogP contribution is 2.26. The zero-order valence-electron chi connectivity index (χ0n) is 14.2. The van der Waals surface area contributed by atoms with Crippen LogP contribution in [0, 0.1) is 0 Å². The fourth-order valence-corrected chi connectivity index (χ4v) is 3.19. The maximum atomic E-state index is 12.3. The average Bonchev–Trinajstić information content (AvgIpc) is 3.15. The molecule has 0 saturated carbocycles. The van der Waals surface area contributed by atoms with Crippen molar-refractivity contribution in [2.24, 2.45) is 0 Å². The highest BCUT2D eigenvalue weighted by Gasteiger charge is 2.12. The largest absolute Gasteiger partial charge is 0.497 e. The fourth-order valence-electron chi connectivity index (χ4n) is 2.24. The number of halogens is 1. The predicted octanol–water partition coefficient (Wildman–Crippen LogP) is 4.12. The van der Waals surface area contributed by atoms with Crippen molar-refractivity contribution in [2.75, 3.05) is 20.0 Å². The number of carbonyl (C=O) groups excluding carboxylic acids is 1. The molecule has 0 aliphatic carbocycles. The van der Waals surface area contributed by atoms with Gasteiger partial charge in [-0.25, -0.2) is 4.98 Å². The number of benzene rings is 2. The molecule has 0 aliphatic rings. The summed E-state index contributed by atoms with van der Waals surface area (Å²) in [6.45, 7) is 0. The normalized spacial score (nSPS) is 10.6. The lowest BCUT2D eigenvalue weighted by Gasteiger charge is -2.04. The number of ketones is 1. The molecule has 134 valence electrons. The first-order valence-electron chi connectivity index (χ1n) is 7.67. The zero-order valence-corrected chi connectivity index (χ0v) is 15.7. The van der Waals surface area contributed by atoms with Crippen LogP contribution in [0.5, 0.6) is 11.5 Å². The van der Waals surface area contributed by atoms with Gasteiger partial charge in [0.25, 0.3) is 0 Å². The zero-order chi connectivity index (χ0) is 18.5. The van der Waals surface area contributed by atoms with E-state index in [2.05, 4.69) is 15.2 Å². The van der Waals surface area contributed by atoms with Gasteiger partial charge in [-0.1, -0.05) is 23.4 Å². The highest BCUT2D eigenvalue weighted by molar-refractivity contribution is 7.99. The smallest absolute Gasteiger partial charge is 0.209 e. The summed E-state index contributed by atoms with van der Waals surface area (Å²) in [5, 5.41) is 7.93. The van der Waals surface area contributed by atoms with Crippen LogP contribution in [-0.2, 0) is 0 Å². The monoisotopic (exact) mass is 389 g/mol. The molecule has 0 aliphatic heterocycles. The molecular weight excluding hydrogens is 374 g/mol. The molecule has 1 N–H and O–H groups in total. The van der Waals surface area contributed by atoms with Gasteiger partial charge in [-0.15, -0.1) is 5.10 Å². The van der Waals surface area contributed by atoms with Gasteiger partial charge in [0.05, 0.1) is 25.0 Å². The molecule has 6 nitrogen and oxygen atoms in total. The van der Waals surface area contributed by atoms with Crippen LogP contribution in [0.1, 0.15) is 10.4 Å². The first kappa shape index (κ1) is 18.3. The van der Waals surface area contributed by atoms with Crippen molar-refractivity contribution in [3.63, 3.8) is 0 Å². The summed E-state index contributed by atoms with van der Waals surface area (Å²) in [6, 6.07) is 12.4. The molecule has 0 saturated heterocycles. The van der Waals surface area contributed by atoms with E-state index in [-0.39, 0.29) is 11.5 Å². The van der Waals surface area contributed by atoms with Crippen molar-refractivity contribution in [1.82, 2.24) is 15.2 Å². The molecule has 0 atom stereocenters. The standard InChI is InChI=1S/C18H16ClN3O3S/c1-24-13-6-3-11(4-7-13)17-20-18(22-21-17)26-10-15(23)12-5-8-16(25-2)14(19)9-12/h3-9H,10H2,1-2H3,(H,20,21,22). The summed E-state index contributed by atoms with van der Waals surface area (Å²) >= 11 is 7.32. The number of thioether (sulfide) groups is 1. The second-order valence-electron chi connectivity index (χ2n) is 5.26. The van der Waals surface area contributed by atoms with Crippen molar-refractivity contribution in [3.05, 3.63) is 53.1 Å². The van der Waals surface area contributed by atoms with Crippen LogP contribution in [0.2, 0.25) is 5.02 Å². The van der Waals surface area contributed by atoms with E-state index in [0.717, 1.165) is 11.3 Å². The van der Waals surface area contributed by atoms with E-state index in [9.17, 15) is 4.79 Å². The number of hydrogen-bond acceptors (Lipinski definition) is 6. The lowest BCUT2D eigenvalue weighted by atomic mass is 10.1. The summed E-state index contributed by atoms with van der Waals surface area (Å²) in [5.74, 6) is 2.09. The average molecular weight is 390 g/mol. The van der Waals surface area contributed by atoms with Gasteiger partial charge in [-0.05, 0) is 42.5 Å². The summed E-state index contributed by atoms with van der Waals surface area (Å²) in [4.78, 5) is 16.7. The summed E-state index contributed by atoms with van der Waals surface area (Å²) in [7, 11) is 3.15. The van der Waals surface area contributed by atoms with Crippen molar-refractivity contribution in [3.8, 4) is 22.9 Å². The van der Waals surface area contributed by atoms with E-state index < -0.39 is 0 Å². The van der Waals surface area contributed by atoms with Crippen LogP contribution in [0.15, 0.2) is 47.6 Å². The number of methoxy groups -OCH3 is 2. The number of Topliss-reactive ketones (excluding diaryl/α,β-unsaturated/α-hetero) is 1. The lowest BCUT2D eigenvalue weighted by Crippen LogP contribution is -2.03. The topological polar surface area (TPSA) is 77.1 Å². The number of H-pyrrole nitrogens is 1. The molecule has 0 unspecified atom stereocenters. The minimum absolute atomic E-state index is 0.0599. The Morgan fingerprint density at radius 2 is 1.92 bits per heavy atom. The van der Waals surface area contributed by atoms with Crippen LogP contribution in [0.3, 0.4) is 0 Å². The molecule has 8 heteroatoms. The fraction of sp³-hybridized carbons (Fsp3) is 0.167. The number of carbonyl (C=O) groups is 1. The minimum atomic E-state index is -0.0599. The van der Waals surface area contributed by atoms with E-state index >= 15 is 0 Å². The van der Waals surface area contributed by atoms with Crippen LogP contribution in [0.4, 0.5) is 0 Å². The molecule has 3 aromatic rings. The van der Waals surface area contributed by atoms with Crippen molar-refractivity contribution in [2.45, 2.75) is 5.16 Å². The highest BCUT2D eigenvalue weighted by atomic mass is 35.5. The maximum absolute atomic E-state index is 12.3. The Hall–Kier alpha value is -2.51. The molecule has 0 radical (unpaired) electrons. The molecule has 26 heavy (non-hydrogen) atoms. The third-order valence-electron chi connectivity index (χ3n) is 3.63. The molecule has 1 heterocycles. The number of hydrogen-bond donors (Lipinski definition) is 1. The van der Waals surface area contributed by atoms with Crippen molar-refractivity contribution >= 4 is 29.1 Å². The molecular formula is C18H16ClN3O3S. The first-order valence-corrected chi connectivity index (χ1v) is 9.03. The predicted molar refractivity (Wildman–Crippen MR) is 101 cm³/mol. The number of aromatic nitrogens is 3. The van der Waals surface area contributed by atoms with Gasteiger partial charge in [0.2, 0.25) is 5.16 Å². The Bertz CT molecular complexity index is 912. The van der Waals surface area contributed by atoms with Crippen molar-refractivity contribution < 1.29 is 14.3 Å². The van der Waals surface area contributed by atoms with Crippen molar-refractivity contribution in [1.29, 1.82) is 0 Å². The maximum Gasteiger partial charge on any atom is 0.209 e. The van der Waals surface area contributed by atoms with Gasteiger partial charge >= 0.3 is 0 Å². The second kappa shape index (κ2) is 8.25. The molecule has 0 amide bonds. The van der Waals surface area contributed by atoms with Crippen LogP contribution < -0.4 is 9.47 Å². The summed E-state index contributed by atoms with van der Waals surface area (Å²) in [5.41, 5.74) is 1.41. The van der Waals surface area contributed by atoms with E-state index in [0.29, 0.717) is 27.3 Å². The third-order valence-corrected chi connectivity index (χ3v) is 4.78. The molecule has 2 aromatic carbocycles. The van der Waals surface area contributed by atoms with E-state index in [4.69, 9.17) is 21.1 Å². The van der Waals surface area contributed by atoms with E-state index in [1.807, 2.05) is 24.3 Å². The Morgan fingerprint density at radius 1 is 1.15 bits per heavy atom. The van der Waals surface area contributed by atoms with Gasteiger partial charge < -0.3 is 9.47 Å². The Morgan fingerprint density at radius 3 is 2.58 bits per heavy atom. The number of ether oxygens (including phenoxy) is 2. The quantitative estimate of drug-likeness (QED) is 0.484. The molecule has 0 spiro atoms. The van der Waals surface area contributed by atoms with Gasteiger partial charge in [0.1, 0.15) is 11.5 Å². The number of aromatic amines is 1. The number of nitrogens with one attached hydrogen (secondary N) is 1. The van der Waals surface area contributed by atoms with Gasteiger partial charge in [0.15, 0.2) is 11.6 Å². The van der Waals surface area contributed by atoms with Gasteiger partial charge in [-0.2, -0.15) is 0 Å². The Labute approximate surface area is 159 Å². The summed E-state index contributed by atoms with van der Waals surface area (Å²) in [6.07, 6.45) is 0. The molecule has 0 bridgehead atoms. The first-order chi connectivity index (χ1) is 12.6. The number of nitrogens with zero attached hydrogens (tertiary/aromatic N) is 2. The molecule has 0 fully saturated rings. The van der Waals surface area contributed by atoms with Crippen LogP contribution in [0.25, 0.3) is 11.4 Å². The van der Waals surface area contributed by atoms with Gasteiger partial charge in [-0.3, -0.25) is 9.89 Å². The summed E-state index contributed by atoms with van der Waals surface area (Å²) < 4.78 is 10.2. The van der Waals surface area contributed by atoms with Gasteiger partial charge in [0, 0.05) is 11.1 Å². The van der Waals surface area contributed by atoms with E-state index in [1.54, 1.807) is 25.3 Å². The molecule has 3 rings (SSSR count). The lowest BCUT2D eigenvalue weighted by molar-refractivity contribution is 0.102. The molecule has 1 aromatic heterocycles. The SMILES string of the molecule is COc1ccc(-c2nc(SCC(=O)c3ccc(OC)c(Cl)c3)n[nH]2)cc1. The van der Waals surface area contributed by atoms with E-state index in [1.165, 1.54) is 18.9 Å². The Kier molecular flexibility index (Phi) is 5.80.